The van der Waals surface area contributed by atoms with Crippen LogP contribution in [0.3, 0.4) is 0 Å². The maximum absolute atomic E-state index is 13.6. The van der Waals surface area contributed by atoms with Crippen LogP contribution in [0, 0.1) is 16.7 Å². The third kappa shape index (κ3) is 6.38. The van der Waals surface area contributed by atoms with Gasteiger partial charge in [0.25, 0.3) is 5.91 Å². The average molecular weight is 578 g/mol. The molecule has 228 valence electrons. The second-order valence-corrected chi connectivity index (χ2v) is 13.4. The Morgan fingerprint density at radius 1 is 0.952 bits per heavy atom. The van der Waals surface area contributed by atoms with E-state index in [1.54, 1.807) is 7.11 Å². The lowest BCUT2D eigenvalue weighted by molar-refractivity contribution is -0.133. The number of methoxy groups -OCH3 is 1. The minimum absolute atomic E-state index is 0.0468. The van der Waals surface area contributed by atoms with Crippen LogP contribution in [0.25, 0.3) is 0 Å². The monoisotopic (exact) mass is 577 g/mol. The number of amides is 2. The molecule has 8 nitrogen and oxygen atoms in total. The predicted molar refractivity (Wildman–Crippen MR) is 164 cm³/mol. The second kappa shape index (κ2) is 12.2. The summed E-state index contributed by atoms with van der Waals surface area (Å²) in [5, 5.41) is 14.4. The van der Waals surface area contributed by atoms with Gasteiger partial charge in [0, 0.05) is 38.6 Å². The third-order valence-corrected chi connectivity index (χ3v) is 10.1. The van der Waals surface area contributed by atoms with Gasteiger partial charge < -0.3 is 29.7 Å². The average Bonchev–Trinajstić information content (AvgIpc) is 3.20. The number of ether oxygens (including phenoxy) is 2. The second-order valence-electron chi connectivity index (χ2n) is 13.4. The van der Waals surface area contributed by atoms with E-state index in [0.29, 0.717) is 44.5 Å². The van der Waals surface area contributed by atoms with E-state index in [1.165, 1.54) is 0 Å². The molecule has 2 aromatic rings. The van der Waals surface area contributed by atoms with Crippen molar-refractivity contribution in [3.05, 3.63) is 54.6 Å². The molecule has 3 aliphatic rings. The molecule has 8 heteroatoms. The van der Waals surface area contributed by atoms with E-state index < -0.39 is 5.60 Å². The Morgan fingerprint density at radius 2 is 1.64 bits per heavy atom. The SMILES string of the molecule is COc1ccccc1N1CCN(C(=O)CC[C@]23CC[C@](C)(O)C[C@H]2C(C)(C)C[C@@H]3NC(=O)COc2ccccc2)CC1. The summed E-state index contributed by atoms with van der Waals surface area (Å²) in [6.07, 6.45) is 4.09. The molecule has 3 fully saturated rings. The first kappa shape index (κ1) is 30.2. The van der Waals surface area contributed by atoms with Crippen LogP contribution in [0.2, 0.25) is 0 Å². The fourth-order valence-corrected chi connectivity index (χ4v) is 7.92. The highest BCUT2D eigenvalue weighted by Crippen LogP contribution is 2.63. The summed E-state index contributed by atoms with van der Waals surface area (Å²) < 4.78 is 11.3. The summed E-state index contributed by atoms with van der Waals surface area (Å²) in [6.45, 7) is 9.24. The number of carbonyl (C=O) groups is 2. The predicted octanol–water partition coefficient (Wildman–Crippen LogP) is 4.66. The molecule has 1 saturated heterocycles. The number of anilines is 1. The molecule has 0 bridgehead atoms. The number of nitrogens with zero attached hydrogens (tertiary/aromatic N) is 2. The molecule has 0 spiro atoms. The lowest BCUT2D eigenvalue weighted by Crippen LogP contribution is -2.54. The van der Waals surface area contributed by atoms with Crippen LogP contribution < -0.4 is 19.7 Å². The fraction of sp³-hybridized carbons (Fsp3) is 0.588. The van der Waals surface area contributed by atoms with Crippen LogP contribution in [-0.4, -0.2) is 73.4 Å². The van der Waals surface area contributed by atoms with Crippen LogP contribution in [0.15, 0.2) is 54.6 Å². The van der Waals surface area contributed by atoms with Crippen molar-refractivity contribution < 1.29 is 24.2 Å². The molecular weight excluding hydrogens is 530 g/mol. The molecule has 2 aliphatic carbocycles. The van der Waals surface area contributed by atoms with Crippen molar-refractivity contribution in [1.82, 2.24) is 10.2 Å². The number of hydrogen-bond donors (Lipinski definition) is 2. The summed E-state index contributed by atoms with van der Waals surface area (Å²) in [7, 11) is 1.69. The van der Waals surface area contributed by atoms with Crippen molar-refractivity contribution in [2.24, 2.45) is 16.7 Å². The topological polar surface area (TPSA) is 91.3 Å². The van der Waals surface area contributed by atoms with E-state index >= 15 is 0 Å². The number of carbonyl (C=O) groups excluding carboxylic acids is 2. The number of aliphatic hydroxyl groups is 1. The zero-order chi connectivity index (χ0) is 30.0. The summed E-state index contributed by atoms with van der Waals surface area (Å²) in [4.78, 5) is 31.0. The highest BCUT2D eigenvalue weighted by atomic mass is 16.5. The number of para-hydroxylation sites is 3. The third-order valence-electron chi connectivity index (χ3n) is 10.1. The summed E-state index contributed by atoms with van der Waals surface area (Å²) in [5.41, 5.74) is 0.000371. The van der Waals surface area contributed by atoms with E-state index in [1.807, 2.05) is 60.4 Å². The first-order valence-corrected chi connectivity index (χ1v) is 15.4. The molecule has 4 atom stereocenters. The Morgan fingerprint density at radius 3 is 2.36 bits per heavy atom. The Labute approximate surface area is 250 Å². The van der Waals surface area contributed by atoms with Crippen LogP contribution in [0.4, 0.5) is 5.69 Å². The van der Waals surface area contributed by atoms with Crippen molar-refractivity contribution >= 4 is 17.5 Å². The van der Waals surface area contributed by atoms with Gasteiger partial charge in [-0.05, 0) is 80.0 Å². The smallest absolute Gasteiger partial charge is 0.258 e. The number of hydrogen-bond acceptors (Lipinski definition) is 6. The van der Waals surface area contributed by atoms with Crippen molar-refractivity contribution in [2.45, 2.75) is 70.9 Å². The standard InChI is InChI=1S/C34H47N3O5/c1-32(2)23-29(35-30(38)24-42-25-10-6-5-7-11-25)34(17-16-33(3,40)22-28(32)34)15-14-31(39)37-20-18-36(19-21-37)26-12-8-9-13-27(26)41-4/h5-13,28-29,40H,14-24H2,1-4H3,(H,35,38)/t28-,29-,33-,34-/m0/s1. The molecule has 1 heterocycles. The first-order valence-electron chi connectivity index (χ1n) is 15.4. The van der Waals surface area contributed by atoms with Gasteiger partial charge in [-0.3, -0.25) is 9.59 Å². The van der Waals surface area contributed by atoms with Crippen LogP contribution in [-0.2, 0) is 9.59 Å². The van der Waals surface area contributed by atoms with Gasteiger partial charge in [-0.2, -0.15) is 0 Å². The normalized spacial score (nSPS) is 28.6. The van der Waals surface area contributed by atoms with Crippen LogP contribution in [0.1, 0.15) is 59.3 Å². The molecular formula is C34H47N3O5. The molecule has 5 rings (SSSR count). The van der Waals surface area contributed by atoms with Gasteiger partial charge >= 0.3 is 0 Å². The molecule has 2 amide bonds. The van der Waals surface area contributed by atoms with Crippen LogP contribution >= 0.6 is 0 Å². The highest BCUT2D eigenvalue weighted by Gasteiger charge is 2.61. The highest BCUT2D eigenvalue weighted by molar-refractivity contribution is 5.78. The van der Waals surface area contributed by atoms with E-state index in [9.17, 15) is 14.7 Å². The van der Waals surface area contributed by atoms with Gasteiger partial charge in [0.1, 0.15) is 11.5 Å². The molecule has 1 aliphatic heterocycles. The number of fused-ring (bicyclic) bond motifs is 1. The Balaban J connectivity index is 1.25. The van der Waals surface area contributed by atoms with E-state index in [4.69, 9.17) is 9.47 Å². The van der Waals surface area contributed by atoms with Gasteiger partial charge in [0.15, 0.2) is 6.61 Å². The van der Waals surface area contributed by atoms with Gasteiger partial charge in [0.05, 0.1) is 18.4 Å². The Bertz CT molecular complexity index is 1240. The van der Waals surface area contributed by atoms with E-state index in [0.717, 1.165) is 37.4 Å². The molecule has 42 heavy (non-hydrogen) atoms. The van der Waals surface area contributed by atoms with E-state index in [-0.39, 0.29) is 41.2 Å². The van der Waals surface area contributed by atoms with Gasteiger partial charge in [-0.15, -0.1) is 0 Å². The van der Waals surface area contributed by atoms with Gasteiger partial charge in [-0.1, -0.05) is 44.2 Å². The number of rotatable bonds is 9. The molecule has 0 aromatic heterocycles. The van der Waals surface area contributed by atoms with Crippen molar-refractivity contribution in [2.75, 3.05) is 44.8 Å². The first-order chi connectivity index (χ1) is 20.0. The minimum Gasteiger partial charge on any atom is -0.495 e. The quantitative estimate of drug-likeness (QED) is 0.451. The lowest BCUT2D eigenvalue weighted by Gasteiger charge is -2.51. The molecule has 2 aromatic carbocycles. The summed E-state index contributed by atoms with van der Waals surface area (Å²) in [6, 6.07) is 17.3. The summed E-state index contributed by atoms with van der Waals surface area (Å²) >= 11 is 0. The zero-order valence-electron chi connectivity index (χ0n) is 25.6. The molecule has 0 radical (unpaired) electrons. The number of nitrogens with one attached hydrogen (secondary N) is 1. The molecule has 2 N–H and O–H groups in total. The number of benzene rings is 2. The van der Waals surface area contributed by atoms with Crippen molar-refractivity contribution in [3.63, 3.8) is 0 Å². The maximum Gasteiger partial charge on any atom is 0.258 e. The minimum atomic E-state index is -0.737. The van der Waals surface area contributed by atoms with E-state index in [2.05, 4.69) is 30.1 Å². The maximum atomic E-state index is 13.6. The summed E-state index contributed by atoms with van der Waals surface area (Å²) in [5.74, 6) is 1.74. The van der Waals surface area contributed by atoms with Gasteiger partial charge in [-0.25, -0.2) is 0 Å². The Kier molecular flexibility index (Phi) is 8.74. The Hall–Kier alpha value is -3.26. The lowest BCUT2D eigenvalue weighted by atomic mass is 9.57. The van der Waals surface area contributed by atoms with Crippen LogP contribution in [0.5, 0.6) is 11.5 Å². The number of piperazine rings is 1. The largest absolute Gasteiger partial charge is 0.495 e. The van der Waals surface area contributed by atoms with Gasteiger partial charge in [0.2, 0.25) is 5.91 Å². The fourth-order valence-electron chi connectivity index (χ4n) is 7.92. The molecule has 2 saturated carbocycles. The molecule has 0 unspecified atom stereocenters. The zero-order valence-corrected chi connectivity index (χ0v) is 25.6. The van der Waals surface area contributed by atoms with Crippen molar-refractivity contribution in [1.29, 1.82) is 0 Å². The van der Waals surface area contributed by atoms with Crippen molar-refractivity contribution in [3.8, 4) is 11.5 Å².